The first kappa shape index (κ1) is 13.2. The Labute approximate surface area is 110 Å². The van der Waals surface area contributed by atoms with E-state index in [1.54, 1.807) is 18.3 Å². The fourth-order valence-electron chi connectivity index (χ4n) is 1.56. The Morgan fingerprint density at radius 1 is 1.00 bits per heavy atom. The smallest absolute Gasteiger partial charge is 0.270 e. The topological polar surface area (TPSA) is 24.4 Å². The van der Waals surface area contributed by atoms with Crippen molar-refractivity contribution in [3.05, 3.63) is 65.7 Å². The Bertz CT molecular complexity index is 543. The molecule has 0 unspecified atom stereocenters. The molecule has 0 aliphatic carbocycles. The van der Waals surface area contributed by atoms with Crippen LogP contribution in [0.1, 0.15) is 18.1 Å². The summed E-state index contributed by atoms with van der Waals surface area (Å²) in [5, 5.41) is 4.04. The van der Waals surface area contributed by atoms with Gasteiger partial charge in [0.25, 0.3) is 5.92 Å². The first-order valence-electron chi connectivity index (χ1n) is 5.88. The second kappa shape index (κ2) is 5.61. The molecule has 0 heterocycles. The van der Waals surface area contributed by atoms with Crippen LogP contribution in [-0.4, -0.2) is 6.21 Å². The van der Waals surface area contributed by atoms with Crippen LogP contribution in [0.15, 0.2) is 59.7 Å². The lowest BCUT2D eigenvalue weighted by molar-refractivity contribution is 0.0175. The molecule has 0 aliphatic heterocycles. The van der Waals surface area contributed by atoms with Crippen molar-refractivity contribution in [2.45, 2.75) is 12.8 Å². The van der Waals surface area contributed by atoms with Gasteiger partial charge in [0, 0.05) is 12.5 Å². The predicted octanol–water partition coefficient (Wildman–Crippen LogP) is 4.24. The van der Waals surface area contributed by atoms with Crippen LogP contribution in [0.2, 0.25) is 0 Å². The molecule has 98 valence electrons. The largest absolute Gasteiger partial charge is 0.279 e. The standard InChI is InChI=1S/C15H14F2N2/c1-15(16,17)13-9-7-12(8-10-13)11-18-19-14-5-3-2-4-6-14/h2-11,19H,1H3. The number of nitrogens with one attached hydrogen (secondary N) is 1. The molecular weight excluding hydrogens is 246 g/mol. The van der Waals surface area contributed by atoms with Crippen LogP contribution in [0.5, 0.6) is 0 Å². The molecule has 0 spiro atoms. The summed E-state index contributed by atoms with van der Waals surface area (Å²) in [6.07, 6.45) is 1.59. The summed E-state index contributed by atoms with van der Waals surface area (Å²) < 4.78 is 26.0. The number of anilines is 1. The van der Waals surface area contributed by atoms with Crippen molar-refractivity contribution in [3.63, 3.8) is 0 Å². The quantitative estimate of drug-likeness (QED) is 0.645. The number of benzene rings is 2. The summed E-state index contributed by atoms with van der Waals surface area (Å²) in [6, 6.07) is 15.5. The average Bonchev–Trinajstić information content (AvgIpc) is 2.39. The van der Waals surface area contributed by atoms with Crippen molar-refractivity contribution in [2.75, 3.05) is 5.43 Å². The minimum Gasteiger partial charge on any atom is -0.279 e. The summed E-state index contributed by atoms with van der Waals surface area (Å²) in [7, 11) is 0. The first-order chi connectivity index (χ1) is 9.05. The van der Waals surface area contributed by atoms with Crippen molar-refractivity contribution in [1.29, 1.82) is 0 Å². The van der Waals surface area contributed by atoms with Gasteiger partial charge in [0.05, 0.1) is 11.9 Å². The van der Waals surface area contributed by atoms with E-state index >= 15 is 0 Å². The Kier molecular flexibility index (Phi) is 3.90. The Balaban J connectivity index is 2.00. The second-order valence-electron chi connectivity index (χ2n) is 4.25. The van der Waals surface area contributed by atoms with E-state index in [0.717, 1.165) is 18.2 Å². The van der Waals surface area contributed by atoms with E-state index in [1.165, 1.54) is 12.1 Å². The summed E-state index contributed by atoms with van der Waals surface area (Å²) in [5.41, 5.74) is 4.49. The molecule has 0 bridgehead atoms. The van der Waals surface area contributed by atoms with Crippen LogP contribution in [0.25, 0.3) is 0 Å². The molecule has 2 aromatic rings. The Morgan fingerprint density at radius 2 is 1.63 bits per heavy atom. The zero-order valence-electron chi connectivity index (χ0n) is 10.5. The van der Waals surface area contributed by atoms with E-state index in [4.69, 9.17) is 0 Å². The Hall–Kier alpha value is -2.23. The third-order valence-electron chi connectivity index (χ3n) is 2.60. The van der Waals surface area contributed by atoms with Gasteiger partial charge in [-0.05, 0) is 17.7 Å². The number of para-hydroxylation sites is 1. The molecule has 4 heteroatoms. The molecule has 19 heavy (non-hydrogen) atoms. The SMILES string of the molecule is CC(F)(F)c1ccc(C=NNc2ccccc2)cc1. The third kappa shape index (κ3) is 3.88. The van der Waals surface area contributed by atoms with Gasteiger partial charge in [0.1, 0.15) is 0 Å². The van der Waals surface area contributed by atoms with Gasteiger partial charge in [-0.1, -0.05) is 42.5 Å². The Morgan fingerprint density at radius 3 is 2.21 bits per heavy atom. The number of rotatable bonds is 4. The van der Waals surface area contributed by atoms with E-state index in [-0.39, 0.29) is 5.56 Å². The normalized spacial score (nSPS) is 11.7. The highest BCUT2D eigenvalue weighted by Gasteiger charge is 2.23. The van der Waals surface area contributed by atoms with Crippen molar-refractivity contribution in [1.82, 2.24) is 0 Å². The number of alkyl halides is 2. The predicted molar refractivity (Wildman–Crippen MR) is 73.7 cm³/mol. The van der Waals surface area contributed by atoms with Crippen LogP contribution in [0, 0.1) is 0 Å². The molecule has 0 radical (unpaired) electrons. The zero-order valence-corrected chi connectivity index (χ0v) is 10.5. The molecule has 0 atom stereocenters. The number of hydrogen-bond donors (Lipinski definition) is 1. The van der Waals surface area contributed by atoms with Crippen LogP contribution in [0.3, 0.4) is 0 Å². The van der Waals surface area contributed by atoms with Gasteiger partial charge in [-0.15, -0.1) is 0 Å². The molecule has 0 saturated carbocycles. The second-order valence-corrected chi connectivity index (χ2v) is 4.25. The fraction of sp³-hybridized carbons (Fsp3) is 0.133. The maximum atomic E-state index is 13.0. The molecule has 2 rings (SSSR count). The molecular formula is C15H14F2N2. The van der Waals surface area contributed by atoms with Crippen molar-refractivity contribution in [3.8, 4) is 0 Å². The van der Waals surface area contributed by atoms with Crippen molar-refractivity contribution < 1.29 is 8.78 Å². The highest BCUT2D eigenvalue weighted by molar-refractivity contribution is 5.80. The molecule has 0 saturated heterocycles. The van der Waals surface area contributed by atoms with Gasteiger partial charge < -0.3 is 0 Å². The van der Waals surface area contributed by atoms with Crippen LogP contribution >= 0.6 is 0 Å². The number of halogens is 2. The van der Waals surface area contributed by atoms with Crippen molar-refractivity contribution in [2.24, 2.45) is 5.10 Å². The molecule has 0 amide bonds. The van der Waals surface area contributed by atoms with Gasteiger partial charge in [-0.3, -0.25) is 5.43 Å². The van der Waals surface area contributed by atoms with Gasteiger partial charge in [0.2, 0.25) is 0 Å². The summed E-state index contributed by atoms with van der Waals surface area (Å²) in [5.74, 6) is -2.81. The lowest BCUT2D eigenvalue weighted by Crippen LogP contribution is -2.06. The van der Waals surface area contributed by atoms with E-state index in [2.05, 4.69) is 10.5 Å². The van der Waals surface area contributed by atoms with E-state index < -0.39 is 5.92 Å². The number of hydrazone groups is 1. The molecule has 1 N–H and O–H groups in total. The summed E-state index contributed by atoms with van der Waals surface area (Å²) in [4.78, 5) is 0. The van der Waals surface area contributed by atoms with E-state index in [9.17, 15) is 8.78 Å². The molecule has 2 aromatic carbocycles. The monoisotopic (exact) mass is 260 g/mol. The van der Waals surface area contributed by atoms with Crippen molar-refractivity contribution >= 4 is 11.9 Å². The van der Waals surface area contributed by atoms with Gasteiger partial charge >= 0.3 is 0 Å². The van der Waals surface area contributed by atoms with E-state index in [0.29, 0.717) is 0 Å². The fourth-order valence-corrected chi connectivity index (χ4v) is 1.56. The van der Waals surface area contributed by atoms with Crippen LogP contribution < -0.4 is 5.43 Å². The molecule has 0 aromatic heterocycles. The number of nitrogens with zero attached hydrogens (tertiary/aromatic N) is 1. The van der Waals surface area contributed by atoms with Crippen LogP contribution in [0.4, 0.5) is 14.5 Å². The van der Waals surface area contributed by atoms with Gasteiger partial charge in [-0.25, -0.2) is 8.78 Å². The minimum absolute atomic E-state index is 0.000619. The lowest BCUT2D eigenvalue weighted by atomic mass is 10.1. The lowest BCUT2D eigenvalue weighted by Gasteiger charge is -2.09. The highest BCUT2D eigenvalue weighted by Crippen LogP contribution is 2.26. The summed E-state index contributed by atoms with van der Waals surface area (Å²) >= 11 is 0. The highest BCUT2D eigenvalue weighted by atomic mass is 19.3. The summed E-state index contributed by atoms with van der Waals surface area (Å²) in [6.45, 7) is 0.882. The van der Waals surface area contributed by atoms with E-state index in [1.807, 2.05) is 30.3 Å². The first-order valence-corrected chi connectivity index (χ1v) is 5.88. The minimum atomic E-state index is -2.81. The van der Waals surface area contributed by atoms with Gasteiger partial charge in [0.15, 0.2) is 0 Å². The maximum absolute atomic E-state index is 13.0. The number of hydrogen-bond acceptors (Lipinski definition) is 2. The maximum Gasteiger partial charge on any atom is 0.270 e. The average molecular weight is 260 g/mol. The third-order valence-corrected chi connectivity index (χ3v) is 2.60. The molecule has 0 fully saturated rings. The zero-order chi connectivity index (χ0) is 13.7. The molecule has 2 nitrogen and oxygen atoms in total. The molecule has 0 aliphatic rings. The van der Waals surface area contributed by atoms with Crippen LogP contribution in [-0.2, 0) is 5.92 Å². The van der Waals surface area contributed by atoms with Gasteiger partial charge in [-0.2, -0.15) is 5.10 Å².